The maximum atomic E-state index is 14.3. The lowest BCUT2D eigenvalue weighted by molar-refractivity contribution is -0.136. The van der Waals surface area contributed by atoms with Crippen molar-refractivity contribution in [1.29, 1.82) is 0 Å². The molecule has 11 nitrogen and oxygen atoms in total. The number of guanidine groups is 1. The van der Waals surface area contributed by atoms with Crippen LogP contribution in [0.25, 0.3) is 0 Å². The van der Waals surface area contributed by atoms with Crippen LogP contribution in [0.4, 0.5) is 9.59 Å². The third-order valence-electron chi connectivity index (χ3n) is 6.32. The summed E-state index contributed by atoms with van der Waals surface area (Å²) in [7, 11) is -0.549. The quantitative estimate of drug-likeness (QED) is 0.206. The Morgan fingerprint density at radius 2 is 1.52 bits per heavy atom. The smallest absolute Gasteiger partial charge is 0.414 e. The van der Waals surface area contributed by atoms with Crippen LogP contribution in [0.5, 0.6) is 0 Å². The van der Waals surface area contributed by atoms with Crippen molar-refractivity contribution in [2.75, 3.05) is 24.6 Å². The van der Waals surface area contributed by atoms with Crippen LogP contribution in [-0.4, -0.2) is 85.8 Å². The van der Waals surface area contributed by atoms with Crippen LogP contribution < -0.4 is 16.0 Å². The van der Waals surface area contributed by atoms with Crippen LogP contribution >= 0.6 is 22.2 Å². The predicted octanol–water partition coefficient (Wildman–Crippen LogP) is 4.96. The molecular formula is C29H51N5O6S2. The molecule has 1 saturated heterocycles. The van der Waals surface area contributed by atoms with Gasteiger partial charge in [-0.1, -0.05) is 6.92 Å². The molecule has 1 aliphatic carbocycles. The first-order valence-corrected chi connectivity index (χ1v) is 17.2. The molecule has 2 aliphatic rings. The minimum absolute atomic E-state index is 0.189. The van der Waals surface area contributed by atoms with Gasteiger partial charge >= 0.3 is 12.2 Å². The summed E-state index contributed by atoms with van der Waals surface area (Å²) in [5, 5.41) is 8.17. The molecule has 0 bridgehead atoms. The van der Waals surface area contributed by atoms with Crippen LogP contribution in [0.1, 0.15) is 101 Å². The van der Waals surface area contributed by atoms with Crippen LogP contribution in [0.15, 0.2) is 4.99 Å². The third-order valence-corrected chi connectivity index (χ3v) is 11.3. The molecule has 2 rings (SSSR count). The molecule has 0 aromatic heterocycles. The Kier molecular flexibility index (Phi) is 13.2. The number of aliphatic imine (C=N–C) groups is 1. The van der Waals surface area contributed by atoms with E-state index in [1.54, 1.807) is 46.4 Å². The Morgan fingerprint density at radius 1 is 0.976 bits per heavy atom. The average molecular weight is 630 g/mol. The molecule has 3 N–H and O–H groups in total. The summed E-state index contributed by atoms with van der Waals surface area (Å²) in [5.74, 6) is 0.698. The number of likely N-dealkylation sites (N-methyl/N-ethyl adjacent to an activating group) is 1. The molecule has 1 heterocycles. The van der Waals surface area contributed by atoms with E-state index >= 15 is 0 Å². The Labute approximate surface area is 258 Å². The van der Waals surface area contributed by atoms with Crippen molar-refractivity contribution in [1.82, 2.24) is 20.9 Å². The van der Waals surface area contributed by atoms with E-state index in [9.17, 15) is 19.2 Å². The number of ether oxygens (including phenoxy) is 2. The van der Waals surface area contributed by atoms with Gasteiger partial charge in [0.15, 0.2) is 10.2 Å². The normalized spacial score (nSPS) is 21.5. The molecule has 1 aliphatic heterocycles. The van der Waals surface area contributed by atoms with Crippen LogP contribution in [0.3, 0.4) is 0 Å². The zero-order valence-corrected chi connectivity index (χ0v) is 28.4. The second kappa shape index (κ2) is 15.4. The van der Waals surface area contributed by atoms with E-state index in [0.29, 0.717) is 18.8 Å². The SMILES string of the molecule is CCCN(CC)C(=O)C(NC(C)=O)C1(N=C(NC(=O)OC(C)(C)C)NC(=O)OC(C)(C)C)SCCCS1=C1CCCC1. The van der Waals surface area contributed by atoms with Crippen LogP contribution in [-0.2, 0) is 19.1 Å². The Morgan fingerprint density at radius 3 is 1.98 bits per heavy atom. The fourth-order valence-corrected chi connectivity index (χ4v) is 10.3. The topological polar surface area (TPSA) is 138 Å². The lowest BCUT2D eigenvalue weighted by Crippen LogP contribution is -2.60. The van der Waals surface area contributed by atoms with E-state index in [1.807, 2.05) is 13.8 Å². The standard InChI is InChI=1S/C29H51N5O6S2/c1-10-17-34(11-2)23(36)22(30-20(3)35)29(41-18-14-19-42(29)21-15-12-13-16-21)33-24(31-25(37)39-27(4,5)6)32-26(38)40-28(7,8)9/h22H,10-19H2,1-9H3,(H,30,35)(H2,31,32,33,37,38). The zero-order chi connectivity index (χ0) is 31.7. The minimum atomic E-state index is -1.21. The molecule has 1 saturated carbocycles. The lowest BCUT2D eigenvalue weighted by atomic mass is 10.2. The third kappa shape index (κ3) is 10.8. The summed E-state index contributed by atoms with van der Waals surface area (Å²) in [6.07, 6.45) is 4.00. The molecule has 13 heteroatoms. The van der Waals surface area contributed by atoms with E-state index < -0.39 is 44.1 Å². The highest BCUT2D eigenvalue weighted by Gasteiger charge is 2.51. The summed E-state index contributed by atoms with van der Waals surface area (Å²) in [4.78, 5) is 61.0. The predicted molar refractivity (Wildman–Crippen MR) is 172 cm³/mol. The number of nitrogens with one attached hydrogen (secondary N) is 3. The largest absolute Gasteiger partial charge is 0.444 e. The van der Waals surface area contributed by atoms with Gasteiger partial charge < -0.3 is 19.7 Å². The van der Waals surface area contributed by atoms with Crippen molar-refractivity contribution in [3.8, 4) is 0 Å². The molecule has 0 aromatic rings. The fourth-order valence-electron chi connectivity index (χ4n) is 4.82. The van der Waals surface area contributed by atoms with Crippen molar-refractivity contribution in [3.63, 3.8) is 0 Å². The molecule has 0 spiro atoms. The Balaban J connectivity index is 2.82. The summed E-state index contributed by atoms with van der Waals surface area (Å²) in [6, 6.07) is -1.03. The lowest BCUT2D eigenvalue weighted by Gasteiger charge is -2.44. The maximum absolute atomic E-state index is 14.3. The van der Waals surface area contributed by atoms with Crippen LogP contribution in [0, 0.1) is 0 Å². The number of alkyl carbamates (subject to hydrolysis) is 2. The van der Waals surface area contributed by atoms with E-state index in [1.165, 1.54) is 23.6 Å². The van der Waals surface area contributed by atoms with E-state index in [4.69, 9.17) is 14.5 Å². The van der Waals surface area contributed by atoms with Gasteiger partial charge in [0.1, 0.15) is 11.2 Å². The second-order valence-electron chi connectivity index (χ2n) is 12.4. The summed E-state index contributed by atoms with van der Waals surface area (Å²) < 4.78 is 9.76. The highest BCUT2D eigenvalue weighted by atomic mass is 32.2. The number of hydrogen-bond donors (Lipinski definition) is 3. The fraction of sp³-hybridized carbons (Fsp3) is 0.793. The van der Waals surface area contributed by atoms with Gasteiger partial charge in [-0.05, 0) is 103 Å². The van der Waals surface area contributed by atoms with Crippen LogP contribution in [0.2, 0.25) is 0 Å². The summed E-state index contributed by atoms with van der Waals surface area (Å²) >= 11 is 1.50. The second-order valence-corrected chi connectivity index (χ2v) is 16.4. The van der Waals surface area contributed by atoms with Gasteiger partial charge in [0, 0.05) is 20.0 Å². The zero-order valence-electron chi connectivity index (χ0n) is 26.8. The van der Waals surface area contributed by atoms with Crippen molar-refractivity contribution >= 4 is 57.1 Å². The van der Waals surface area contributed by atoms with Crippen molar-refractivity contribution in [2.24, 2.45) is 4.99 Å². The number of carbonyl (C=O) groups excluding carboxylic acids is 4. The summed E-state index contributed by atoms with van der Waals surface area (Å²) in [5.41, 5.74) is -1.61. The molecule has 4 amide bonds. The first-order valence-electron chi connectivity index (χ1n) is 14.9. The molecule has 240 valence electrons. The molecule has 3 atom stereocenters. The van der Waals surface area contributed by atoms with Gasteiger partial charge in [0.05, 0.1) is 0 Å². The van der Waals surface area contributed by atoms with Gasteiger partial charge in [-0.15, -0.1) is 22.2 Å². The molecule has 0 aromatic carbocycles. The molecule has 0 radical (unpaired) electrons. The van der Waals surface area contributed by atoms with Gasteiger partial charge in [0.25, 0.3) is 0 Å². The Bertz CT molecular complexity index is 1030. The molecule has 3 unspecified atom stereocenters. The van der Waals surface area contributed by atoms with Crippen molar-refractivity contribution < 1.29 is 28.7 Å². The van der Waals surface area contributed by atoms with Gasteiger partial charge in [-0.2, -0.15) is 0 Å². The molecular weight excluding hydrogens is 578 g/mol. The Hall–Kier alpha value is -2.28. The van der Waals surface area contributed by atoms with E-state index in [0.717, 1.165) is 44.3 Å². The van der Waals surface area contributed by atoms with Crippen molar-refractivity contribution in [2.45, 2.75) is 122 Å². The number of rotatable bonds is 7. The van der Waals surface area contributed by atoms with Gasteiger partial charge in [-0.25, -0.2) is 14.6 Å². The number of thioether (sulfide) groups is 1. The highest BCUT2D eigenvalue weighted by Crippen LogP contribution is 2.53. The minimum Gasteiger partial charge on any atom is -0.444 e. The monoisotopic (exact) mass is 629 g/mol. The van der Waals surface area contributed by atoms with Gasteiger partial charge in [-0.3, -0.25) is 20.2 Å². The number of hydrogen-bond acceptors (Lipinski definition) is 8. The first kappa shape index (κ1) is 35.9. The van der Waals surface area contributed by atoms with E-state index in [2.05, 4.69) is 16.0 Å². The first-order chi connectivity index (χ1) is 19.5. The van der Waals surface area contributed by atoms with E-state index in [-0.39, 0.29) is 17.8 Å². The number of amides is 4. The molecule has 2 fully saturated rings. The number of carbonyl (C=O) groups is 4. The highest BCUT2D eigenvalue weighted by molar-refractivity contribution is 8.28. The summed E-state index contributed by atoms with van der Waals surface area (Å²) in [6.45, 7) is 16.7. The van der Waals surface area contributed by atoms with Gasteiger partial charge in [0.2, 0.25) is 17.8 Å². The average Bonchev–Trinajstić information content (AvgIpc) is 3.37. The maximum Gasteiger partial charge on any atom is 0.414 e. The number of nitrogens with zero attached hydrogens (tertiary/aromatic N) is 2. The van der Waals surface area contributed by atoms with Crippen molar-refractivity contribution in [3.05, 3.63) is 0 Å². The molecule has 42 heavy (non-hydrogen) atoms.